The smallest absolute Gasteiger partial charge is 0.0702 e. The number of rotatable bonds is 4. The molecule has 1 aromatic carbocycles. The lowest BCUT2D eigenvalue weighted by Gasteiger charge is -2.05. The first-order valence-electron chi connectivity index (χ1n) is 5.04. The highest BCUT2D eigenvalue weighted by Crippen LogP contribution is 2.21. The molecule has 17 heavy (non-hydrogen) atoms. The third kappa shape index (κ3) is 2.86. The van der Waals surface area contributed by atoms with Crippen molar-refractivity contribution in [3.63, 3.8) is 0 Å². The molecule has 0 atom stereocenters. The first-order chi connectivity index (χ1) is 8.20. The Kier molecular flexibility index (Phi) is 3.80. The van der Waals surface area contributed by atoms with Crippen LogP contribution in [0.4, 0.5) is 0 Å². The fourth-order valence-corrected chi connectivity index (χ4v) is 1.96. The van der Waals surface area contributed by atoms with Crippen LogP contribution in [0, 0.1) is 13.8 Å². The molecule has 5 nitrogen and oxygen atoms in total. The lowest BCUT2D eigenvalue weighted by molar-refractivity contribution is -0.195. The fourth-order valence-electron chi connectivity index (χ4n) is 1.59. The Hall–Kier alpha value is -1.34. The van der Waals surface area contributed by atoms with Gasteiger partial charge >= 0.3 is 0 Å². The summed E-state index contributed by atoms with van der Waals surface area (Å²) in [6, 6.07) is 9.78. The van der Waals surface area contributed by atoms with Gasteiger partial charge in [0.15, 0.2) is 0 Å². The van der Waals surface area contributed by atoms with Gasteiger partial charge in [0.2, 0.25) is 0 Å². The molecule has 90 valence electrons. The number of hydrogen-bond acceptors (Lipinski definition) is 5. The van der Waals surface area contributed by atoms with Crippen LogP contribution in [0.5, 0.6) is 0 Å². The lowest BCUT2D eigenvalue weighted by Crippen LogP contribution is -1.98. The van der Waals surface area contributed by atoms with Gasteiger partial charge in [0.1, 0.15) is 0 Å². The molecule has 0 bridgehead atoms. The average molecular weight is 251 g/mol. The maximum Gasteiger partial charge on any atom is 0.0702 e. The summed E-state index contributed by atoms with van der Waals surface area (Å²) < 4.78 is 6.46. The Bertz CT molecular complexity index is 496. The molecule has 0 amide bonds. The molecule has 0 aliphatic carbocycles. The molecule has 6 heteroatoms. The first kappa shape index (κ1) is 12.1. The van der Waals surface area contributed by atoms with Gasteiger partial charge in [0.05, 0.1) is 23.4 Å². The van der Waals surface area contributed by atoms with Gasteiger partial charge in [-0.25, -0.2) is 4.68 Å². The van der Waals surface area contributed by atoms with E-state index in [0.29, 0.717) is 0 Å². The quantitative estimate of drug-likeness (QED) is 0.513. The monoisotopic (exact) mass is 251 g/mol. The largest absolute Gasteiger partial charge is 0.238 e. The Labute approximate surface area is 104 Å². The maximum absolute atomic E-state index is 4.76. The summed E-state index contributed by atoms with van der Waals surface area (Å²) in [5, 5.41) is 4.41. The molecular formula is C11H13N3O2S. The van der Waals surface area contributed by atoms with Gasteiger partial charge in [-0.3, -0.25) is 0 Å². The van der Waals surface area contributed by atoms with Crippen LogP contribution in [0.15, 0.2) is 35.2 Å². The number of aryl methyl sites for hydroxylation is 2. The van der Waals surface area contributed by atoms with Crippen molar-refractivity contribution in [3.8, 4) is 5.69 Å². The van der Waals surface area contributed by atoms with Gasteiger partial charge in [-0.1, -0.05) is 0 Å². The summed E-state index contributed by atoms with van der Waals surface area (Å²) in [7, 11) is 0. The van der Waals surface area contributed by atoms with Crippen LogP contribution in [0.3, 0.4) is 0 Å². The van der Waals surface area contributed by atoms with Gasteiger partial charge < -0.3 is 0 Å². The molecule has 1 heterocycles. The number of nitrogens with two attached hydrogens (primary N) is 1. The zero-order chi connectivity index (χ0) is 12.3. The molecule has 0 radical (unpaired) electrons. The number of nitrogens with zero attached hydrogens (tertiary/aromatic N) is 2. The Morgan fingerprint density at radius 2 is 1.94 bits per heavy atom. The van der Waals surface area contributed by atoms with Crippen molar-refractivity contribution in [1.82, 2.24) is 9.78 Å². The summed E-state index contributed by atoms with van der Waals surface area (Å²) in [5.74, 6) is 4.76. The van der Waals surface area contributed by atoms with Crippen molar-refractivity contribution in [2.45, 2.75) is 18.7 Å². The topological polar surface area (TPSA) is 62.3 Å². The Balaban J connectivity index is 2.20. The summed E-state index contributed by atoms with van der Waals surface area (Å²) in [4.78, 5) is 4.93. The zero-order valence-electron chi connectivity index (χ0n) is 9.58. The SMILES string of the molecule is Cc1cc(C)n(-c2ccc(SOON)cc2)n1. The van der Waals surface area contributed by atoms with Crippen molar-refractivity contribution in [1.29, 1.82) is 0 Å². The van der Waals surface area contributed by atoms with Gasteiger partial charge in [0, 0.05) is 10.6 Å². The fraction of sp³-hybridized carbons (Fsp3) is 0.182. The standard InChI is InChI=1S/C11H13N3O2S/c1-8-7-9(2)14(13-8)10-3-5-11(6-4-10)17-16-15-12/h3-7H,12H2,1-2H3. The summed E-state index contributed by atoms with van der Waals surface area (Å²) in [6.45, 7) is 3.99. The first-order valence-corrected chi connectivity index (χ1v) is 5.78. The molecule has 2 rings (SSSR count). The van der Waals surface area contributed by atoms with E-state index >= 15 is 0 Å². The van der Waals surface area contributed by atoms with E-state index in [2.05, 4.69) is 14.4 Å². The van der Waals surface area contributed by atoms with E-state index in [4.69, 9.17) is 5.90 Å². The van der Waals surface area contributed by atoms with Crippen LogP contribution in [-0.2, 0) is 9.32 Å². The lowest BCUT2D eigenvalue weighted by atomic mass is 10.3. The number of benzene rings is 1. The van der Waals surface area contributed by atoms with Gasteiger partial charge in [-0.15, -0.1) is 9.32 Å². The third-order valence-corrected chi connectivity index (χ3v) is 2.87. The van der Waals surface area contributed by atoms with E-state index in [1.165, 1.54) is 0 Å². The molecule has 0 saturated heterocycles. The molecule has 0 saturated carbocycles. The van der Waals surface area contributed by atoms with Gasteiger partial charge in [-0.2, -0.15) is 11.0 Å². The van der Waals surface area contributed by atoms with E-state index < -0.39 is 0 Å². The van der Waals surface area contributed by atoms with E-state index in [-0.39, 0.29) is 0 Å². The minimum Gasteiger partial charge on any atom is -0.238 e. The van der Waals surface area contributed by atoms with Crippen LogP contribution in [0.2, 0.25) is 0 Å². The molecule has 0 fully saturated rings. The van der Waals surface area contributed by atoms with E-state index in [1.807, 2.05) is 48.9 Å². The summed E-state index contributed by atoms with van der Waals surface area (Å²) in [5.41, 5.74) is 3.11. The Morgan fingerprint density at radius 1 is 1.24 bits per heavy atom. The minimum absolute atomic E-state index is 0.903. The van der Waals surface area contributed by atoms with Gasteiger partial charge in [-0.05, 0) is 44.2 Å². The number of aromatic nitrogens is 2. The van der Waals surface area contributed by atoms with Crippen LogP contribution >= 0.6 is 12.0 Å². The van der Waals surface area contributed by atoms with Crippen LogP contribution in [0.25, 0.3) is 5.69 Å². The van der Waals surface area contributed by atoms with Crippen molar-refractivity contribution in [3.05, 3.63) is 41.7 Å². The van der Waals surface area contributed by atoms with Crippen LogP contribution in [0.1, 0.15) is 11.4 Å². The van der Waals surface area contributed by atoms with Crippen molar-refractivity contribution in [2.75, 3.05) is 0 Å². The van der Waals surface area contributed by atoms with E-state index in [0.717, 1.165) is 34.0 Å². The molecule has 1 aromatic heterocycles. The van der Waals surface area contributed by atoms with E-state index in [9.17, 15) is 0 Å². The second-order valence-electron chi connectivity index (χ2n) is 3.58. The maximum atomic E-state index is 4.76. The second-order valence-corrected chi connectivity index (χ2v) is 4.35. The average Bonchev–Trinajstić information content (AvgIpc) is 2.66. The molecule has 0 spiro atoms. The molecule has 2 aromatic rings. The normalized spacial score (nSPS) is 10.8. The number of hydrogen-bond donors (Lipinski definition) is 1. The molecule has 0 aliphatic rings. The minimum atomic E-state index is 0.903. The highest BCUT2D eigenvalue weighted by atomic mass is 32.2. The highest BCUT2D eigenvalue weighted by molar-refractivity contribution is 7.94. The molecule has 0 aliphatic heterocycles. The zero-order valence-corrected chi connectivity index (χ0v) is 10.4. The van der Waals surface area contributed by atoms with Crippen molar-refractivity contribution in [2.24, 2.45) is 5.90 Å². The van der Waals surface area contributed by atoms with Crippen LogP contribution < -0.4 is 5.90 Å². The van der Waals surface area contributed by atoms with E-state index in [1.54, 1.807) is 0 Å². The second kappa shape index (κ2) is 5.33. The third-order valence-electron chi connectivity index (χ3n) is 2.26. The van der Waals surface area contributed by atoms with Gasteiger partial charge in [0.25, 0.3) is 0 Å². The highest BCUT2D eigenvalue weighted by Gasteiger charge is 2.03. The predicted octanol–water partition coefficient (Wildman–Crippen LogP) is 2.32. The molecule has 2 N–H and O–H groups in total. The molecule has 0 unspecified atom stereocenters. The Morgan fingerprint density at radius 3 is 2.47 bits per heavy atom. The summed E-state index contributed by atoms with van der Waals surface area (Å²) >= 11 is 1.06. The van der Waals surface area contributed by atoms with Crippen molar-refractivity contribution < 1.29 is 9.32 Å². The van der Waals surface area contributed by atoms with Crippen LogP contribution in [-0.4, -0.2) is 9.78 Å². The summed E-state index contributed by atoms with van der Waals surface area (Å²) in [6.07, 6.45) is 0. The predicted molar refractivity (Wildman–Crippen MR) is 65.3 cm³/mol. The van der Waals surface area contributed by atoms with Crippen molar-refractivity contribution >= 4 is 12.0 Å². The molecular weight excluding hydrogens is 238 g/mol.